The van der Waals surface area contributed by atoms with E-state index in [1.54, 1.807) is 0 Å². The number of halogens is 4. The first-order chi connectivity index (χ1) is 17.6. The van der Waals surface area contributed by atoms with E-state index in [1.165, 1.54) is 39.7 Å². The molecule has 0 spiro atoms. The number of tetrazole rings is 1. The molecule has 3 aromatic heterocycles. The van der Waals surface area contributed by atoms with Gasteiger partial charge in [-0.2, -0.15) is 13.2 Å². The van der Waals surface area contributed by atoms with E-state index in [0.29, 0.717) is 35.4 Å². The van der Waals surface area contributed by atoms with E-state index in [2.05, 4.69) is 25.5 Å². The number of aldehydes is 1. The molecule has 0 bridgehead atoms. The van der Waals surface area contributed by atoms with Crippen LogP contribution < -0.4 is 0 Å². The number of fused-ring (bicyclic) bond motifs is 2. The molecule has 190 valence electrons. The minimum absolute atomic E-state index is 0.00615. The number of carbonyl (C=O) groups is 1. The highest BCUT2D eigenvalue weighted by atomic mass is 32.2. The van der Waals surface area contributed by atoms with Crippen LogP contribution in [0, 0.1) is 5.82 Å². The van der Waals surface area contributed by atoms with Crippen molar-refractivity contribution in [3.63, 3.8) is 0 Å². The zero-order valence-corrected chi connectivity index (χ0v) is 20.3. The van der Waals surface area contributed by atoms with E-state index in [-0.39, 0.29) is 27.4 Å². The lowest BCUT2D eigenvalue weighted by Crippen LogP contribution is -2.19. The Labute approximate surface area is 211 Å². The topological polar surface area (TPSA) is 94.6 Å². The molecule has 0 atom stereocenters. The molecule has 5 aromatic rings. The predicted octanol–water partition coefficient (Wildman–Crippen LogP) is 4.24. The number of rotatable bonds is 7. The van der Waals surface area contributed by atoms with Crippen LogP contribution in [0.15, 0.2) is 52.8 Å². The highest BCUT2D eigenvalue weighted by Gasteiger charge is 2.31. The zero-order chi connectivity index (χ0) is 26.3. The number of aromatic nitrogens is 7. The third-order valence-corrected chi connectivity index (χ3v) is 6.48. The number of carbonyl (C=O) groups excluding carboxylic acids is 1. The van der Waals surface area contributed by atoms with Gasteiger partial charge >= 0.3 is 6.18 Å². The van der Waals surface area contributed by atoms with Crippen LogP contribution in [-0.2, 0) is 12.7 Å². The van der Waals surface area contributed by atoms with E-state index in [9.17, 15) is 22.4 Å². The van der Waals surface area contributed by atoms with Gasteiger partial charge in [-0.25, -0.2) is 19.0 Å². The Morgan fingerprint density at radius 3 is 2.62 bits per heavy atom. The van der Waals surface area contributed by atoms with Crippen molar-refractivity contribution in [1.82, 2.24) is 39.6 Å². The first-order valence-electron chi connectivity index (χ1n) is 10.9. The molecular formula is C23H18F4N8OS. The van der Waals surface area contributed by atoms with Crippen molar-refractivity contribution in [3.8, 4) is 5.82 Å². The van der Waals surface area contributed by atoms with E-state index in [1.807, 2.05) is 19.0 Å². The lowest BCUT2D eigenvalue weighted by atomic mass is 10.2. The largest absolute Gasteiger partial charge is 0.416 e. The minimum Gasteiger partial charge on any atom is -0.308 e. The van der Waals surface area contributed by atoms with Crippen LogP contribution in [0.4, 0.5) is 17.6 Å². The fourth-order valence-corrected chi connectivity index (χ4v) is 4.58. The second-order valence-electron chi connectivity index (χ2n) is 8.38. The fourth-order valence-electron chi connectivity index (χ4n) is 3.72. The van der Waals surface area contributed by atoms with Gasteiger partial charge in [-0.05, 0) is 72.7 Å². The summed E-state index contributed by atoms with van der Waals surface area (Å²) in [5.74, 6) is -0.349. The third kappa shape index (κ3) is 4.89. The second kappa shape index (κ2) is 9.52. The van der Waals surface area contributed by atoms with Crippen molar-refractivity contribution in [2.75, 3.05) is 20.6 Å². The zero-order valence-electron chi connectivity index (χ0n) is 19.4. The number of hydrogen-bond donors (Lipinski definition) is 0. The standard InChI is InChI=1S/C23H18F4N8OS/c1-33(2)7-8-35-22(30-31-32-35)37-21-20(28-17-6-3-14(23(25,26)27)9-18(17)29-21)34-11-13(12-36)16-5-4-15(24)10-19(16)34/h3-6,9-12H,7-8H2,1-2H3. The van der Waals surface area contributed by atoms with Gasteiger partial charge in [0.05, 0.1) is 28.7 Å². The van der Waals surface area contributed by atoms with Crippen LogP contribution in [0.5, 0.6) is 0 Å². The van der Waals surface area contributed by atoms with Crippen LogP contribution >= 0.6 is 11.8 Å². The van der Waals surface area contributed by atoms with Gasteiger partial charge in [0.15, 0.2) is 12.1 Å². The number of alkyl halides is 3. The van der Waals surface area contributed by atoms with E-state index < -0.39 is 17.6 Å². The average Bonchev–Trinajstić information content (AvgIpc) is 3.45. The molecule has 3 heterocycles. The van der Waals surface area contributed by atoms with Gasteiger partial charge in [0.25, 0.3) is 0 Å². The summed E-state index contributed by atoms with van der Waals surface area (Å²) >= 11 is 1.00. The molecule has 0 aliphatic rings. The van der Waals surface area contributed by atoms with Gasteiger partial charge in [-0.15, -0.1) is 5.10 Å². The first-order valence-corrected chi connectivity index (χ1v) is 11.7. The Bertz CT molecular complexity index is 1630. The molecule has 0 saturated heterocycles. The summed E-state index contributed by atoms with van der Waals surface area (Å²) in [7, 11) is 3.78. The molecule has 0 fully saturated rings. The molecule has 2 aromatic carbocycles. The van der Waals surface area contributed by atoms with Gasteiger partial charge in [0.1, 0.15) is 10.8 Å². The Balaban J connectivity index is 1.72. The van der Waals surface area contributed by atoms with Gasteiger partial charge in [-0.3, -0.25) is 9.36 Å². The second-order valence-corrected chi connectivity index (χ2v) is 9.33. The van der Waals surface area contributed by atoms with Crippen LogP contribution in [0.3, 0.4) is 0 Å². The lowest BCUT2D eigenvalue weighted by molar-refractivity contribution is -0.137. The van der Waals surface area contributed by atoms with Crippen molar-refractivity contribution in [1.29, 1.82) is 0 Å². The number of benzene rings is 2. The quantitative estimate of drug-likeness (QED) is 0.228. The molecule has 0 aliphatic heterocycles. The smallest absolute Gasteiger partial charge is 0.308 e. The van der Waals surface area contributed by atoms with Crippen molar-refractivity contribution < 1.29 is 22.4 Å². The molecule has 0 aliphatic carbocycles. The number of nitrogens with zero attached hydrogens (tertiary/aromatic N) is 8. The highest BCUT2D eigenvalue weighted by Crippen LogP contribution is 2.35. The SMILES string of the molecule is CN(C)CCn1nnnc1Sc1nc2cc(C(F)(F)F)ccc2nc1-n1cc(C=O)c2ccc(F)cc21. The molecule has 14 heteroatoms. The van der Waals surface area contributed by atoms with Crippen LogP contribution in [0.2, 0.25) is 0 Å². The van der Waals surface area contributed by atoms with Crippen molar-refractivity contribution in [2.24, 2.45) is 0 Å². The van der Waals surface area contributed by atoms with E-state index >= 15 is 0 Å². The molecule has 0 radical (unpaired) electrons. The summed E-state index contributed by atoms with van der Waals surface area (Å²) in [6, 6.07) is 7.01. The maximum Gasteiger partial charge on any atom is 0.416 e. The molecule has 0 N–H and O–H groups in total. The van der Waals surface area contributed by atoms with E-state index in [0.717, 1.165) is 23.9 Å². The molecular weight excluding hydrogens is 512 g/mol. The van der Waals surface area contributed by atoms with E-state index in [4.69, 9.17) is 0 Å². The molecule has 37 heavy (non-hydrogen) atoms. The summed E-state index contributed by atoms with van der Waals surface area (Å²) in [6.07, 6.45) is -2.45. The summed E-state index contributed by atoms with van der Waals surface area (Å²) in [6.45, 7) is 1.08. The summed E-state index contributed by atoms with van der Waals surface area (Å²) in [5.41, 5.74) is -0.0459. The number of likely N-dealkylation sites (N-methyl/N-ethyl adjacent to an activating group) is 1. The van der Waals surface area contributed by atoms with Crippen LogP contribution in [0.1, 0.15) is 15.9 Å². The maximum absolute atomic E-state index is 14.2. The summed E-state index contributed by atoms with van der Waals surface area (Å²) in [5, 5.41) is 12.7. The Kier molecular flexibility index (Phi) is 6.37. The molecule has 0 amide bonds. The van der Waals surface area contributed by atoms with Crippen LogP contribution in [-0.4, -0.2) is 66.6 Å². The summed E-state index contributed by atoms with van der Waals surface area (Å²) in [4.78, 5) is 22.7. The Hall–Kier alpha value is -3.91. The van der Waals surface area contributed by atoms with Gasteiger partial charge in [-0.1, -0.05) is 0 Å². The first kappa shape index (κ1) is 24.8. The fraction of sp³-hybridized carbons (Fsp3) is 0.217. The Morgan fingerprint density at radius 1 is 1.08 bits per heavy atom. The monoisotopic (exact) mass is 530 g/mol. The van der Waals surface area contributed by atoms with Gasteiger partial charge < -0.3 is 4.90 Å². The van der Waals surface area contributed by atoms with Gasteiger partial charge in [0, 0.05) is 23.7 Å². The molecule has 9 nitrogen and oxygen atoms in total. The normalized spacial score (nSPS) is 12.2. The summed E-state index contributed by atoms with van der Waals surface area (Å²) < 4.78 is 57.3. The van der Waals surface area contributed by atoms with Crippen molar-refractivity contribution in [3.05, 3.63) is 59.5 Å². The third-order valence-electron chi connectivity index (χ3n) is 5.54. The average molecular weight is 531 g/mol. The molecule has 5 rings (SSSR count). The van der Waals surface area contributed by atoms with Crippen molar-refractivity contribution in [2.45, 2.75) is 22.9 Å². The van der Waals surface area contributed by atoms with Crippen molar-refractivity contribution >= 4 is 40.0 Å². The Morgan fingerprint density at radius 2 is 1.89 bits per heavy atom. The minimum atomic E-state index is -4.56. The van der Waals surface area contributed by atoms with Gasteiger partial charge in [0.2, 0.25) is 5.16 Å². The molecule has 0 unspecified atom stereocenters. The maximum atomic E-state index is 14.2. The van der Waals surface area contributed by atoms with Crippen LogP contribution in [0.25, 0.3) is 27.8 Å². The molecule has 0 saturated carbocycles. The lowest BCUT2D eigenvalue weighted by Gasteiger charge is -2.13. The predicted molar refractivity (Wildman–Crippen MR) is 127 cm³/mol. The highest BCUT2D eigenvalue weighted by molar-refractivity contribution is 7.99. The number of hydrogen-bond acceptors (Lipinski definition) is 8.